The molecule has 0 saturated carbocycles. The van der Waals surface area contributed by atoms with Gasteiger partial charge in [-0.2, -0.15) is 0 Å². The van der Waals surface area contributed by atoms with Gasteiger partial charge in [0.25, 0.3) is 5.91 Å². The van der Waals surface area contributed by atoms with Crippen molar-refractivity contribution in [3.63, 3.8) is 0 Å². The van der Waals surface area contributed by atoms with Crippen LogP contribution in [0.15, 0.2) is 73.1 Å². The lowest BCUT2D eigenvalue weighted by atomic mass is 10.0. The second-order valence-corrected chi connectivity index (χ2v) is 6.03. The van der Waals surface area contributed by atoms with E-state index >= 15 is 0 Å². The number of hydrogen-bond acceptors (Lipinski definition) is 3. The van der Waals surface area contributed by atoms with Crippen molar-refractivity contribution < 1.29 is 9.53 Å². The molecule has 0 radical (unpaired) electrons. The van der Waals surface area contributed by atoms with Crippen molar-refractivity contribution in [1.82, 2.24) is 10.3 Å². The lowest BCUT2D eigenvalue weighted by Crippen LogP contribution is -2.24. The van der Waals surface area contributed by atoms with Crippen molar-refractivity contribution in [2.45, 2.75) is 12.8 Å². The summed E-state index contributed by atoms with van der Waals surface area (Å²) in [6.07, 6.45) is 5.42. The zero-order valence-corrected chi connectivity index (χ0v) is 14.8. The van der Waals surface area contributed by atoms with Gasteiger partial charge in [-0.15, -0.1) is 0 Å². The van der Waals surface area contributed by atoms with Crippen molar-refractivity contribution >= 4 is 5.91 Å². The van der Waals surface area contributed by atoms with Crippen molar-refractivity contribution in [2.75, 3.05) is 13.7 Å². The average Bonchev–Trinajstić information content (AvgIpc) is 2.72. The molecule has 0 unspecified atom stereocenters. The van der Waals surface area contributed by atoms with Crippen molar-refractivity contribution in [2.24, 2.45) is 0 Å². The largest absolute Gasteiger partial charge is 0.497 e. The molecule has 0 fully saturated rings. The van der Waals surface area contributed by atoms with Gasteiger partial charge in [0.05, 0.1) is 7.11 Å². The molecule has 4 nitrogen and oxygen atoms in total. The fraction of sp³-hybridized carbons (Fsp3) is 0.182. The van der Waals surface area contributed by atoms with Crippen LogP contribution in [0.25, 0.3) is 11.1 Å². The number of ether oxygens (including phenoxy) is 1. The molecule has 1 amide bonds. The fourth-order valence-corrected chi connectivity index (χ4v) is 2.76. The summed E-state index contributed by atoms with van der Waals surface area (Å²) in [6.45, 7) is 0.644. The number of nitrogens with one attached hydrogen (secondary N) is 1. The first-order valence-corrected chi connectivity index (χ1v) is 8.68. The van der Waals surface area contributed by atoms with Gasteiger partial charge in [-0.1, -0.05) is 30.3 Å². The number of methoxy groups -OCH3 is 1. The Labute approximate surface area is 153 Å². The molecule has 3 rings (SSSR count). The van der Waals surface area contributed by atoms with Crippen molar-refractivity contribution in [3.05, 3.63) is 84.2 Å². The van der Waals surface area contributed by atoms with Gasteiger partial charge in [0.2, 0.25) is 0 Å². The summed E-state index contributed by atoms with van der Waals surface area (Å²) in [5.41, 5.74) is 3.97. The quantitative estimate of drug-likeness (QED) is 0.655. The summed E-state index contributed by atoms with van der Waals surface area (Å²) in [5.74, 6) is 0.770. The summed E-state index contributed by atoms with van der Waals surface area (Å²) in [5, 5.41) is 2.97. The van der Waals surface area contributed by atoms with E-state index in [1.807, 2.05) is 66.9 Å². The van der Waals surface area contributed by atoms with Gasteiger partial charge in [-0.25, -0.2) is 0 Å². The van der Waals surface area contributed by atoms with Crippen LogP contribution in [0.2, 0.25) is 0 Å². The Morgan fingerprint density at radius 3 is 2.62 bits per heavy atom. The van der Waals surface area contributed by atoms with E-state index in [-0.39, 0.29) is 5.91 Å². The molecule has 1 heterocycles. The average molecular weight is 346 g/mol. The maximum Gasteiger partial charge on any atom is 0.251 e. The second kappa shape index (κ2) is 8.81. The van der Waals surface area contributed by atoms with Crippen molar-refractivity contribution in [1.29, 1.82) is 0 Å². The number of carbonyl (C=O) groups excluding carboxylic acids is 1. The van der Waals surface area contributed by atoms with E-state index in [0.29, 0.717) is 12.1 Å². The number of aryl methyl sites for hydroxylation is 1. The fourth-order valence-electron chi connectivity index (χ4n) is 2.76. The van der Waals surface area contributed by atoms with Gasteiger partial charge in [0.15, 0.2) is 0 Å². The summed E-state index contributed by atoms with van der Waals surface area (Å²) >= 11 is 0. The molecule has 0 aliphatic carbocycles. The van der Waals surface area contributed by atoms with E-state index in [4.69, 9.17) is 4.74 Å². The number of pyridine rings is 1. The number of benzene rings is 2. The Kier molecular flexibility index (Phi) is 5.99. The van der Waals surface area contributed by atoms with Gasteiger partial charge >= 0.3 is 0 Å². The first kappa shape index (κ1) is 17.7. The highest BCUT2D eigenvalue weighted by Gasteiger charge is 2.06. The highest BCUT2D eigenvalue weighted by Crippen LogP contribution is 2.24. The van der Waals surface area contributed by atoms with Crippen LogP contribution in [0.1, 0.15) is 22.3 Å². The predicted octanol–water partition coefficient (Wildman–Crippen LogP) is 4.12. The molecular formula is C22H22N2O2. The predicted molar refractivity (Wildman–Crippen MR) is 103 cm³/mol. The van der Waals surface area contributed by atoms with Crippen LogP contribution in [0.4, 0.5) is 0 Å². The number of hydrogen-bond donors (Lipinski definition) is 1. The topological polar surface area (TPSA) is 51.2 Å². The Balaban J connectivity index is 1.53. The van der Waals surface area contributed by atoms with E-state index in [1.54, 1.807) is 13.3 Å². The molecule has 0 bridgehead atoms. The minimum atomic E-state index is -0.0478. The Morgan fingerprint density at radius 1 is 1.04 bits per heavy atom. The molecule has 132 valence electrons. The second-order valence-electron chi connectivity index (χ2n) is 6.03. The minimum absolute atomic E-state index is 0.0478. The van der Waals surface area contributed by atoms with Crippen LogP contribution < -0.4 is 10.1 Å². The first-order chi connectivity index (χ1) is 12.8. The molecule has 2 aromatic carbocycles. The molecule has 1 N–H and O–H groups in total. The van der Waals surface area contributed by atoms with Gasteiger partial charge in [-0.05, 0) is 59.9 Å². The van der Waals surface area contributed by atoms with E-state index in [9.17, 15) is 4.79 Å². The summed E-state index contributed by atoms with van der Waals surface area (Å²) in [4.78, 5) is 16.4. The zero-order chi connectivity index (χ0) is 18.2. The third-order valence-corrected chi connectivity index (χ3v) is 4.20. The SMILES string of the molecule is COc1cccc(-c2ccc(C(=O)NCCCc3cccnc3)cc2)c1. The van der Waals surface area contributed by atoms with Crippen LogP contribution in [-0.4, -0.2) is 24.5 Å². The summed E-state index contributed by atoms with van der Waals surface area (Å²) in [6, 6.07) is 19.5. The Hall–Kier alpha value is -3.14. The van der Waals surface area contributed by atoms with E-state index in [2.05, 4.69) is 10.3 Å². The Morgan fingerprint density at radius 2 is 1.88 bits per heavy atom. The molecule has 0 atom stereocenters. The highest BCUT2D eigenvalue weighted by atomic mass is 16.5. The highest BCUT2D eigenvalue weighted by molar-refractivity contribution is 5.94. The van der Waals surface area contributed by atoms with Gasteiger partial charge in [0.1, 0.15) is 5.75 Å². The number of rotatable bonds is 7. The van der Waals surface area contributed by atoms with Crippen LogP contribution in [0.5, 0.6) is 5.75 Å². The lowest BCUT2D eigenvalue weighted by Gasteiger charge is -2.08. The molecule has 26 heavy (non-hydrogen) atoms. The number of aromatic nitrogens is 1. The lowest BCUT2D eigenvalue weighted by molar-refractivity contribution is 0.0953. The monoisotopic (exact) mass is 346 g/mol. The molecule has 0 aliphatic heterocycles. The van der Waals surface area contributed by atoms with Crippen LogP contribution in [-0.2, 0) is 6.42 Å². The summed E-state index contributed by atoms with van der Waals surface area (Å²) in [7, 11) is 1.65. The maximum atomic E-state index is 12.3. The molecule has 0 saturated heterocycles. The third kappa shape index (κ3) is 4.70. The smallest absolute Gasteiger partial charge is 0.251 e. The molecule has 4 heteroatoms. The van der Waals surface area contributed by atoms with E-state index < -0.39 is 0 Å². The Bertz CT molecular complexity index is 846. The van der Waals surface area contributed by atoms with Gasteiger partial charge < -0.3 is 10.1 Å². The molecule has 3 aromatic rings. The van der Waals surface area contributed by atoms with E-state index in [1.165, 1.54) is 5.56 Å². The van der Waals surface area contributed by atoms with Gasteiger partial charge in [-0.3, -0.25) is 9.78 Å². The minimum Gasteiger partial charge on any atom is -0.497 e. The van der Waals surface area contributed by atoms with Gasteiger partial charge in [0, 0.05) is 24.5 Å². The van der Waals surface area contributed by atoms with Crippen LogP contribution >= 0.6 is 0 Å². The van der Waals surface area contributed by atoms with Crippen LogP contribution in [0, 0.1) is 0 Å². The number of nitrogens with zero attached hydrogens (tertiary/aromatic N) is 1. The summed E-state index contributed by atoms with van der Waals surface area (Å²) < 4.78 is 5.26. The standard InChI is InChI=1S/C22H22N2O2/c1-26-21-8-2-7-20(15-21)18-9-11-19(12-10-18)22(25)24-14-4-6-17-5-3-13-23-16-17/h2-3,5,7-13,15-16H,4,6,14H2,1H3,(H,24,25). The molecule has 1 aromatic heterocycles. The van der Waals surface area contributed by atoms with Crippen LogP contribution in [0.3, 0.4) is 0 Å². The van der Waals surface area contributed by atoms with Crippen molar-refractivity contribution in [3.8, 4) is 16.9 Å². The number of carbonyl (C=O) groups is 1. The number of amides is 1. The van der Waals surface area contributed by atoms with E-state index in [0.717, 1.165) is 29.7 Å². The molecule has 0 aliphatic rings. The third-order valence-electron chi connectivity index (χ3n) is 4.20. The zero-order valence-electron chi connectivity index (χ0n) is 14.8. The maximum absolute atomic E-state index is 12.3. The normalized spacial score (nSPS) is 10.3. The molecule has 0 spiro atoms. The first-order valence-electron chi connectivity index (χ1n) is 8.68. The molecular weight excluding hydrogens is 324 g/mol.